The van der Waals surface area contributed by atoms with Crippen molar-refractivity contribution in [3.63, 3.8) is 0 Å². The van der Waals surface area contributed by atoms with Gasteiger partial charge in [-0.3, -0.25) is 9.69 Å². The molecule has 0 unspecified atom stereocenters. The maximum atomic E-state index is 12.5. The van der Waals surface area contributed by atoms with E-state index in [2.05, 4.69) is 29.3 Å². The predicted octanol–water partition coefficient (Wildman–Crippen LogP) is 3.84. The summed E-state index contributed by atoms with van der Waals surface area (Å²) >= 11 is 0. The Labute approximate surface area is 145 Å². The molecular weight excluding hydrogens is 296 g/mol. The summed E-state index contributed by atoms with van der Waals surface area (Å²) < 4.78 is 0. The van der Waals surface area contributed by atoms with Gasteiger partial charge in [-0.2, -0.15) is 0 Å². The minimum Gasteiger partial charge on any atom is -0.349 e. The van der Waals surface area contributed by atoms with Crippen LogP contribution in [0.15, 0.2) is 24.3 Å². The number of carbonyl (C=O) groups is 1. The van der Waals surface area contributed by atoms with Crippen molar-refractivity contribution < 1.29 is 4.79 Å². The van der Waals surface area contributed by atoms with Crippen molar-refractivity contribution in [2.45, 2.75) is 58.0 Å². The highest BCUT2D eigenvalue weighted by Gasteiger charge is 2.40. The zero-order chi connectivity index (χ0) is 16.5. The number of nitrogens with zero attached hydrogens (tertiary/aromatic N) is 1. The monoisotopic (exact) mass is 326 g/mol. The highest BCUT2D eigenvalue weighted by molar-refractivity contribution is 5.94. The van der Waals surface area contributed by atoms with Gasteiger partial charge in [0.15, 0.2) is 0 Å². The Bertz CT molecular complexity index is 582. The van der Waals surface area contributed by atoms with Gasteiger partial charge < -0.3 is 5.32 Å². The van der Waals surface area contributed by atoms with E-state index in [1.165, 1.54) is 57.2 Å². The molecule has 1 aromatic carbocycles. The maximum absolute atomic E-state index is 12.5. The quantitative estimate of drug-likeness (QED) is 0.912. The minimum atomic E-state index is 0.116. The first-order chi connectivity index (χ1) is 11.7. The Morgan fingerprint density at radius 2 is 2.00 bits per heavy atom. The van der Waals surface area contributed by atoms with Crippen LogP contribution in [0.25, 0.3) is 0 Å². The minimum absolute atomic E-state index is 0.116. The number of fused-ring (bicyclic) bond motifs is 2. The lowest BCUT2D eigenvalue weighted by atomic mass is 9.95. The Hall–Kier alpha value is -1.35. The first-order valence-corrected chi connectivity index (χ1v) is 9.79. The second-order valence-corrected chi connectivity index (χ2v) is 8.43. The first-order valence-electron chi connectivity index (χ1n) is 9.79. The smallest absolute Gasteiger partial charge is 0.251 e. The number of likely N-dealkylation sites (tertiary alicyclic amines) is 1. The van der Waals surface area contributed by atoms with Gasteiger partial charge >= 0.3 is 0 Å². The fourth-order valence-corrected chi connectivity index (χ4v) is 5.12. The van der Waals surface area contributed by atoms with E-state index in [4.69, 9.17) is 0 Å². The second-order valence-electron chi connectivity index (χ2n) is 8.43. The van der Waals surface area contributed by atoms with Gasteiger partial charge in [0.1, 0.15) is 0 Å². The molecular formula is C21H30N2O. The van der Waals surface area contributed by atoms with Crippen molar-refractivity contribution in [2.24, 2.45) is 17.8 Å². The van der Waals surface area contributed by atoms with Crippen LogP contribution in [0.1, 0.15) is 61.4 Å². The molecule has 0 spiro atoms. The molecule has 3 heteroatoms. The lowest BCUT2D eigenvalue weighted by molar-refractivity contribution is 0.0923. The summed E-state index contributed by atoms with van der Waals surface area (Å²) in [4.78, 5) is 15.0. The molecule has 1 heterocycles. The molecule has 24 heavy (non-hydrogen) atoms. The van der Waals surface area contributed by atoms with Crippen LogP contribution < -0.4 is 5.32 Å². The van der Waals surface area contributed by atoms with Crippen molar-refractivity contribution in [3.8, 4) is 0 Å². The van der Waals surface area contributed by atoms with Gasteiger partial charge in [-0.05, 0) is 74.1 Å². The molecule has 130 valence electrons. The van der Waals surface area contributed by atoms with Gasteiger partial charge in [-0.15, -0.1) is 0 Å². The number of hydrogen-bond acceptors (Lipinski definition) is 2. The summed E-state index contributed by atoms with van der Waals surface area (Å²) in [5.41, 5.74) is 2.13. The third-order valence-electron chi connectivity index (χ3n) is 6.42. The molecule has 1 amide bonds. The molecule has 2 bridgehead atoms. The number of piperidine rings is 1. The highest BCUT2D eigenvalue weighted by Crippen LogP contribution is 2.44. The molecule has 1 N–H and O–H groups in total. The molecule has 4 rings (SSSR count). The van der Waals surface area contributed by atoms with Crippen LogP contribution in [-0.2, 0) is 6.54 Å². The molecule has 1 aliphatic heterocycles. The van der Waals surface area contributed by atoms with E-state index in [0.29, 0.717) is 6.04 Å². The van der Waals surface area contributed by atoms with Crippen molar-refractivity contribution in [2.75, 3.05) is 13.1 Å². The van der Waals surface area contributed by atoms with E-state index in [-0.39, 0.29) is 5.91 Å². The third kappa shape index (κ3) is 3.51. The fraction of sp³-hybridized carbons (Fsp3) is 0.667. The standard InChI is InChI=1S/C21H30N2O/c1-15-3-2-10-23(13-15)14-16-4-7-18(8-5-16)21(24)22-20-12-17-6-9-19(20)11-17/h4-5,7-8,15,17,19-20H,2-3,6,9-14H2,1H3,(H,22,24)/t15-,17+,19+,20+/m0/s1. The molecule has 2 saturated carbocycles. The average molecular weight is 326 g/mol. The Kier molecular flexibility index (Phi) is 4.62. The van der Waals surface area contributed by atoms with Gasteiger partial charge in [0, 0.05) is 24.7 Å². The van der Waals surface area contributed by atoms with Crippen LogP contribution in [0.5, 0.6) is 0 Å². The van der Waals surface area contributed by atoms with Crippen molar-refractivity contribution in [3.05, 3.63) is 35.4 Å². The molecule has 3 fully saturated rings. The molecule has 3 nitrogen and oxygen atoms in total. The van der Waals surface area contributed by atoms with Crippen LogP contribution in [0, 0.1) is 17.8 Å². The van der Waals surface area contributed by atoms with E-state index in [9.17, 15) is 4.79 Å². The Balaban J connectivity index is 1.32. The second kappa shape index (κ2) is 6.87. The van der Waals surface area contributed by atoms with Crippen LogP contribution >= 0.6 is 0 Å². The summed E-state index contributed by atoms with van der Waals surface area (Å²) in [5, 5.41) is 3.28. The predicted molar refractivity (Wildman–Crippen MR) is 96.8 cm³/mol. The molecule has 0 aromatic heterocycles. The van der Waals surface area contributed by atoms with Gasteiger partial charge in [0.2, 0.25) is 0 Å². The molecule has 0 radical (unpaired) electrons. The van der Waals surface area contributed by atoms with Crippen LogP contribution in [0.3, 0.4) is 0 Å². The van der Waals surface area contributed by atoms with Gasteiger partial charge in [-0.1, -0.05) is 25.5 Å². The normalized spacial score (nSPS) is 32.9. The summed E-state index contributed by atoms with van der Waals surface area (Å²) in [5.74, 6) is 2.53. The van der Waals surface area contributed by atoms with Crippen LogP contribution in [0.4, 0.5) is 0 Å². The fourth-order valence-electron chi connectivity index (χ4n) is 5.12. The summed E-state index contributed by atoms with van der Waals surface area (Å²) in [7, 11) is 0. The molecule has 4 atom stereocenters. The van der Waals surface area contributed by atoms with E-state index in [1.807, 2.05) is 12.1 Å². The van der Waals surface area contributed by atoms with E-state index < -0.39 is 0 Å². The maximum Gasteiger partial charge on any atom is 0.251 e. The number of amides is 1. The molecule has 3 aliphatic rings. The first kappa shape index (κ1) is 16.1. The van der Waals surface area contributed by atoms with Crippen LogP contribution in [-0.4, -0.2) is 29.9 Å². The lowest BCUT2D eigenvalue weighted by Gasteiger charge is -2.30. The van der Waals surface area contributed by atoms with E-state index in [0.717, 1.165) is 29.9 Å². The lowest BCUT2D eigenvalue weighted by Crippen LogP contribution is -2.38. The van der Waals surface area contributed by atoms with Crippen molar-refractivity contribution >= 4 is 5.91 Å². The van der Waals surface area contributed by atoms with Crippen molar-refractivity contribution in [1.29, 1.82) is 0 Å². The zero-order valence-corrected chi connectivity index (χ0v) is 14.8. The SMILES string of the molecule is C[C@H]1CCCN(Cc2ccc(C(=O)N[C@@H]3C[C@@H]4CC[C@@H]3C4)cc2)C1. The van der Waals surface area contributed by atoms with E-state index in [1.54, 1.807) is 0 Å². The number of benzene rings is 1. The number of rotatable bonds is 4. The number of hydrogen-bond donors (Lipinski definition) is 1. The molecule has 2 aliphatic carbocycles. The van der Waals surface area contributed by atoms with Gasteiger partial charge in [-0.25, -0.2) is 0 Å². The van der Waals surface area contributed by atoms with Crippen molar-refractivity contribution in [1.82, 2.24) is 10.2 Å². The Morgan fingerprint density at radius 3 is 2.67 bits per heavy atom. The zero-order valence-electron chi connectivity index (χ0n) is 14.8. The summed E-state index contributed by atoms with van der Waals surface area (Å²) in [6, 6.07) is 8.70. The third-order valence-corrected chi connectivity index (χ3v) is 6.42. The average Bonchev–Trinajstić information content (AvgIpc) is 3.18. The largest absolute Gasteiger partial charge is 0.349 e. The summed E-state index contributed by atoms with van der Waals surface area (Å²) in [6.07, 6.45) is 7.88. The Morgan fingerprint density at radius 1 is 1.17 bits per heavy atom. The number of carbonyl (C=O) groups excluding carboxylic acids is 1. The molecule has 1 aromatic rings. The topological polar surface area (TPSA) is 32.3 Å². The number of nitrogens with one attached hydrogen (secondary N) is 1. The van der Waals surface area contributed by atoms with Crippen LogP contribution in [0.2, 0.25) is 0 Å². The highest BCUT2D eigenvalue weighted by atomic mass is 16.1. The summed E-state index contributed by atoms with van der Waals surface area (Å²) in [6.45, 7) is 5.76. The van der Waals surface area contributed by atoms with Gasteiger partial charge in [0.25, 0.3) is 5.91 Å². The molecule has 1 saturated heterocycles. The van der Waals surface area contributed by atoms with E-state index >= 15 is 0 Å². The van der Waals surface area contributed by atoms with Gasteiger partial charge in [0.05, 0.1) is 0 Å².